The van der Waals surface area contributed by atoms with Gasteiger partial charge >= 0.3 is 5.97 Å². The fourth-order valence-electron chi connectivity index (χ4n) is 2.67. The van der Waals surface area contributed by atoms with E-state index in [9.17, 15) is 24.5 Å². The Hall–Kier alpha value is -3.34. The average Bonchev–Trinajstić information content (AvgIpc) is 2.68. The molecule has 29 heavy (non-hydrogen) atoms. The Morgan fingerprint density at radius 3 is 2.93 bits per heavy atom. The Morgan fingerprint density at radius 2 is 2.24 bits per heavy atom. The van der Waals surface area contributed by atoms with Crippen molar-refractivity contribution in [2.45, 2.75) is 19.4 Å². The van der Waals surface area contributed by atoms with Crippen LogP contribution in [0.4, 0.5) is 5.69 Å². The fourth-order valence-corrected chi connectivity index (χ4v) is 2.99. The Labute approximate surface area is 172 Å². The third kappa shape index (κ3) is 6.35. The van der Waals surface area contributed by atoms with Gasteiger partial charge in [0.1, 0.15) is 6.04 Å². The number of piperazine rings is 1. The Morgan fingerprint density at radius 1 is 1.48 bits per heavy atom. The minimum atomic E-state index is -0.878. The van der Waals surface area contributed by atoms with Crippen molar-refractivity contribution in [1.29, 1.82) is 0 Å². The largest absolute Gasteiger partial charge is 0.466 e. The van der Waals surface area contributed by atoms with E-state index in [1.54, 1.807) is 13.0 Å². The molecule has 1 aliphatic rings. The van der Waals surface area contributed by atoms with Gasteiger partial charge < -0.3 is 15.0 Å². The molecule has 2 N–H and O–H groups in total. The van der Waals surface area contributed by atoms with Gasteiger partial charge in [-0.15, -0.1) is 0 Å². The Balaban J connectivity index is 2.02. The molecular weight excluding hydrogens is 400 g/mol. The van der Waals surface area contributed by atoms with E-state index >= 15 is 0 Å². The van der Waals surface area contributed by atoms with Crippen LogP contribution in [0.25, 0.3) is 6.08 Å². The van der Waals surface area contributed by atoms with Gasteiger partial charge in [0.15, 0.2) is 5.11 Å². The molecule has 10 nitrogen and oxygen atoms in total. The molecular formula is C18H20N4O6S. The van der Waals surface area contributed by atoms with Gasteiger partial charge in [0.05, 0.1) is 18.0 Å². The monoisotopic (exact) mass is 420 g/mol. The van der Waals surface area contributed by atoms with Crippen LogP contribution in [-0.4, -0.2) is 58.5 Å². The highest BCUT2D eigenvalue weighted by atomic mass is 32.1. The van der Waals surface area contributed by atoms with E-state index in [1.165, 1.54) is 35.3 Å². The number of hydrogen-bond donors (Lipinski definition) is 2. The topological polar surface area (TPSA) is 131 Å². The SMILES string of the molecule is CCOC(=O)CC1C(=O)NCCN1C(=S)NC(=O)/C=C/c1cccc([N+](=O)[O-])c1. The highest BCUT2D eigenvalue weighted by molar-refractivity contribution is 7.80. The lowest BCUT2D eigenvalue weighted by Crippen LogP contribution is -2.60. The molecule has 1 fully saturated rings. The predicted octanol–water partition coefficient (Wildman–Crippen LogP) is 0.763. The highest BCUT2D eigenvalue weighted by Gasteiger charge is 2.33. The molecule has 0 aliphatic carbocycles. The van der Waals surface area contributed by atoms with E-state index in [-0.39, 0.29) is 29.7 Å². The van der Waals surface area contributed by atoms with Crippen molar-refractivity contribution in [2.75, 3.05) is 19.7 Å². The second-order valence-electron chi connectivity index (χ2n) is 5.99. The van der Waals surface area contributed by atoms with Crippen molar-refractivity contribution in [2.24, 2.45) is 0 Å². The van der Waals surface area contributed by atoms with Crippen molar-refractivity contribution in [3.05, 3.63) is 46.0 Å². The van der Waals surface area contributed by atoms with Gasteiger partial charge in [0.25, 0.3) is 5.69 Å². The van der Waals surface area contributed by atoms with E-state index in [0.29, 0.717) is 18.7 Å². The summed E-state index contributed by atoms with van der Waals surface area (Å²) in [6, 6.07) is 4.91. The third-order valence-electron chi connectivity index (χ3n) is 4.00. The number of ether oxygens (including phenoxy) is 1. The van der Waals surface area contributed by atoms with Crippen LogP contribution in [0.5, 0.6) is 0 Å². The van der Waals surface area contributed by atoms with Crippen molar-refractivity contribution >= 4 is 46.9 Å². The summed E-state index contributed by atoms with van der Waals surface area (Å²) in [6.45, 7) is 2.49. The molecule has 1 saturated heterocycles. The molecule has 0 bridgehead atoms. The fraction of sp³-hybridized carbons (Fsp3) is 0.333. The molecule has 154 valence electrons. The molecule has 1 heterocycles. The van der Waals surface area contributed by atoms with E-state index < -0.39 is 22.8 Å². The molecule has 0 radical (unpaired) electrons. The number of rotatable bonds is 6. The van der Waals surface area contributed by atoms with Crippen LogP contribution in [0.15, 0.2) is 30.3 Å². The summed E-state index contributed by atoms with van der Waals surface area (Å²) in [5.74, 6) is -1.49. The van der Waals surface area contributed by atoms with Gasteiger partial charge in [0, 0.05) is 31.3 Å². The molecule has 0 aromatic heterocycles. The number of nitro benzene ring substituents is 1. The number of esters is 1. The van der Waals surface area contributed by atoms with E-state index in [1.807, 2.05) is 0 Å². The molecule has 2 rings (SSSR count). The van der Waals surface area contributed by atoms with Crippen molar-refractivity contribution in [1.82, 2.24) is 15.5 Å². The van der Waals surface area contributed by atoms with Crippen LogP contribution in [0.1, 0.15) is 18.9 Å². The first kappa shape index (κ1) is 22.0. The number of thiocarbonyl (C=S) groups is 1. The molecule has 0 spiro atoms. The average molecular weight is 420 g/mol. The van der Waals surface area contributed by atoms with E-state index in [4.69, 9.17) is 17.0 Å². The van der Waals surface area contributed by atoms with Crippen LogP contribution in [0.2, 0.25) is 0 Å². The minimum absolute atomic E-state index is 0.00263. The first-order valence-corrected chi connectivity index (χ1v) is 9.20. The van der Waals surface area contributed by atoms with Gasteiger partial charge in [-0.2, -0.15) is 0 Å². The summed E-state index contributed by atoms with van der Waals surface area (Å²) in [4.78, 5) is 47.8. The zero-order chi connectivity index (χ0) is 21.4. The summed E-state index contributed by atoms with van der Waals surface area (Å²) < 4.78 is 4.88. The molecule has 1 aromatic carbocycles. The number of amides is 2. The first-order chi connectivity index (χ1) is 13.8. The second-order valence-corrected chi connectivity index (χ2v) is 6.38. The lowest BCUT2D eigenvalue weighted by atomic mass is 10.1. The summed E-state index contributed by atoms with van der Waals surface area (Å²) in [5, 5.41) is 15.9. The second kappa shape index (κ2) is 10.3. The van der Waals surface area contributed by atoms with Crippen LogP contribution in [0.3, 0.4) is 0 Å². The molecule has 11 heteroatoms. The maximum Gasteiger partial charge on any atom is 0.308 e. The lowest BCUT2D eigenvalue weighted by Gasteiger charge is -2.36. The van der Waals surface area contributed by atoms with Crippen LogP contribution in [0, 0.1) is 10.1 Å². The van der Waals surface area contributed by atoms with Crippen molar-refractivity contribution in [3.8, 4) is 0 Å². The minimum Gasteiger partial charge on any atom is -0.466 e. The predicted molar refractivity (Wildman–Crippen MR) is 108 cm³/mol. The molecule has 2 amide bonds. The van der Waals surface area contributed by atoms with E-state index in [2.05, 4.69) is 10.6 Å². The number of non-ortho nitro benzene ring substituents is 1. The lowest BCUT2D eigenvalue weighted by molar-refractivity contribution is -0.384. The number of benzene rings is 1. The number of carbonyl (C=O) groups is 3. The Bertz CT molecular complexity index is 857. The first-order valence-electron chi connectivity index (χ1n) is 8.79. The molecule has 1 aliphatic heterocycles. The smallest absolute Gasteiger partial charge is 0.308 e. The zero-order valence-electron chi connectivity index (χ0n) is 15.6. The molecule has 0 saturated carbocycles. The normalized spacial score (nSPS) is 16.2. The van der Waals surface area contributed by atoms with Crippen molar-refractivity contribution < 1.29 is 24.0 Å². The van der Waals surface area contributed by atoms with Gasteiger partial charge in [-0.05, 0) is 30.8 Å². The number of nitrogens with zero attached hydrogens (tertiary/aromatic N) is 2. The zero-order valence-corrected chi connectivity index (χ0v) is 16.4. The van der Waals surface area contributed by atoms with Gasteiger partial charge in [0.2, 0.25) is 11.8 Å². The maximum absolute atomic E-state index is 12.2. The van der Waals surface area contributed by atoms with Crippen molar-refractivity contribution in [3.63, 3.8) is 0 Å². The van der Waals surface area contributed by atoms with Crippen LogP contribution in [-0.2, 0) is 19.1 Å². The van der Waals surface area contributed by atoms with Gasteiger partial charge in [-0.1, -0.05) is 12.1 Å². The third-order valence-corrected chi connectivity index (χ3v) is 4.33. The number of hydrogen-bond acceptors (Lipinski definition) is 7. The maximum atomic E-state index is 12.2. The summed E-state index contributed by atoms with van der Waals surface area (Å²) in [6.07, 6.45) is 2.39. The van der Waals surface area contributed by atoms with Crippen LogP contribution >= 0.6 is 12.2 Å². The van der Waals surface area contributed by atoms with Gasteiger partial charge in [-0.3, -0.25) is 29.8 Å². The highest BCUT2D eigenvalue weighted by Crippen LogP contribution is 2.14. The number of carbonyl (C=O) groups excluding carboxylic acids is 3. The Kier molecular flexibility index (Phi) is 7.78. The number of nitro groups is 1. The molecule has 1 aromatic rings. The van der Waals surface area contributed by atoms with E-state index in [0.717, 1.165) is 0 Å². The molecule has 1 unspecified atom stereocenters. The summed E-state index contributed by atoms with van der Waals surface area (Å²) in [5.41, 5.74) is 0.377. The van der Waals surface area contributed by atoms with Gasteiger partial charge in [-0.25, -0.2) is 0 Å². The molecule has 1 atom stereocenters. The van der Waals surface area contributed by atoms with Crippen LogP contribution < -0.4 is 10.6 Å². The summed E-state index contributed by atoms with van der Waals surface area (Å²) in [7, 11) is 0. The quantitative estimate of drug-likeness (QED) is 0.227. The standard InChI is InChI=1S/C18H20N4O6S/c1-2-28-16(24)11-14-17(25)19-8-9-21(14)18(29)20-15(23)7-6-12-4-3-5-13(10-12)22(26)27/h3-7,10,14H,2,8-9,11H2,1H3,(H,19,25)(H,20,23,29)/b7-6+. The summed E-state index contributed by atoms with van der Waals surface area (Å²) >= 11 is 5.22. The number of nitrogens with one attached hydrogen (secondary N) is 2.